The summed E-state index contributed by atoms with van der Waals surface area (Å²) < 4.78 is 93.8. The highest BCUT2D eigenvalue weighted by Gasteiger charge is 2.36. The lowest BCUT2D eigenvalue weighted by Crippen LogP contribution is -2.41. The van der Waals surface area contributed by atoms with Crippen LogP contribution in [0.3, 0.4) is 0 Å². The molecule has 0 aromatic heterocycles. The van der Waals surface area contributed by atoms with Gasteiger partial charge in [-0.15, -0.1) is 0 Å². The Morgan fingerprint density at radius 1 is 0.830 bits per heavy atom. The quantitative estimate of drug-likeness (QED) is 0.104. The van der Waals surface area contributed by atoms with Crippen LogP contribution in [0.25, 0.3) is 0 Å². The molecule has 1 saturated carbocycles. The largest absolute Gasteiger partial charge is 0.428 e. The summed E-state index contributed by atoms with van der Waals surface area (Å²) in [5.74, 6) is -9.84. The summed E-state index contributed by atoms with van der Waals surface area (Å²) in [7, 11) is -4.39. The average molecular weight is 679 g/mol. The first-order chi connectivity index (χ1) is 22.2. The van der Waals surface area contributed by atoms with Crippen LogP contribution >= 0.6 is 0 Å². The van der Waals surface area contributed by atoms with Crippen LogP contribution in [-0.2, 0) is 35.6 Å². The summed E-state index contributed by atoms with van der Waals surface area (Å²) in [5, 5.41) is 0. The van der Waals surface area contributed by atoms with Crippen molar-refractivity contribution in [3.63, 3.8) is 0 Å². The van der Waals surface area contributed by atoms with Gasteiger partial charge >= 0.3 is 11.9 Å². The molecule has 0 radical (unpaired) electrons. The second kappa shape index (κ2) is 15.1. The maximum absolute atomic E-state index is 14.6. The fourth-order valence-corrected chi connectivity index (χ4v) is 6.55. The van der Waals surface area contributed by atoms with Gasteiger partial charge in [-0.25, -0.2) is 30.8 Å². The van der Waals surface area contributed by atoms with Gasteiger partial charge in [0.25, 0.3) is 0 Å². The van der Waals surface area contributed by atoms with Crippen LogP contribution in [0.4, 0.5) is 23.2 Å². The number of benzene rings is 3. The van der Waals surface area contributed by atoms with E-state index in [0.29, 0.717) is 15.8 Å². The lowest BCUT2D eigenvalue weighted by molar-refractivity contribution is -0.149. The highest BCUT2D eigenvalue weighted by atomic mass is 32.2. The van der Waals surface area contributed by atoms with Crippen LogP contribution in [0.2, 0.25) is 0 Å². The number of sulfonamides is 1. The Bertz CT molecular complexity index is 1710. The van der Waals surface area contributed by atoms with E-state index in [-0.39, 0.29) is 17.8 Å². The third-order valence-corrected chi connectivity index (χ3v) is 9.86. The van der Waals surface area contributed by atoms with Gasteiger partial charge in [-0.3, -0.25) is 9.59 Å². The molecule has 14 heteroatoms. The molecule has 3 aromatic carbocycles. The first kappa shape index (κ1) is 35.6. The van der Waals surface area contributed by atoms with Gasteiger partial charge < -0.3 is 14.4 Å². The van der Waals surface area contributed by atoms with Gasteiger partial charge in [0.1, 0.15) is 0 Å². The highest BCUT2D eigenvalue weighted by molar-refractivity contribution is 7.89. The summed E-state index contributed by atoms with van der Waals surface area (Å²) in [4.78, 5) is 36.3. The Kier molecular flexibility index (Phi) is 11.4. The molecule has 0 bridgehead atoms. The smallest absolute Gasteiger partial charge is 0.341 e. The Morgan fingerprint density at radius 2 is 1.40 bits per heavy atom. The first-order valence-corrected chi connectivity index (χ1v) is 16.2. The Hall–Kier alpha value is -4.30. The fraction of sp³-hybridized carbons (Fsp3) is 0.364. The zero-order valence-electron chi connectivity index (χ0n) is 26.0. The number of hydrogen-bond acceptors (Lipinski definition) is 7. The molecule has 0 unspecified atom stereocenters. The first-order valence-electron chi connectivity index (χ1n) is 14.8. The second-order valence-corrected chi connectivity index (χ2v) is 13.2. The van der Waals surface area contributed by atoms with E-state index in [2.05, 4.69) is 4.74 Å². The molecule has 1 fully saturated rings. The Balaban J connectivity index is 1.61. The number of carbonyl (C=O) groups excluding carboxylic acids is 3. The molecule has 1 amide bonds. The molecule has 4 rings (SSSR count). The number of esters is 2. The molecule has 47 heavy (non-hydrogen) atoms. The van der Waals surface area contributed by atoms with Crippen LogP contribution in [0.1, 0.15) is 72.0 Å². The van der Waals surface area contributed by atoms with Crippen LogP contribution in [0.15, 0.2) is 53.4 Å². The van der Waals surface area contributed by atoms with E-state index in [1.807, 2.05) is 24.3 Å². The molecule has 9 nitrogen and oxygen atoms in total. The molecule has 0 heterocycles. The maximum atomic E-state index is 14.6. The number of halogens is 4. The molecule has 0 N–H and O–H groups in total. The number of ether oxygens (including phenoxy) is 2. The van der Waals surface area contributed by atoms with Gasteiger partial charge in [0.15, 0.2) is 28.2 Å². The van der Waals surface area contributed by atoms with Gasteiger partial charge in [0.05, 0.1) is 18.7 Å². The van der Waals surface area contributed by atoms with Gasteiger partial charge in [-0.1, -0.05) is 43.5 Å². The van der Waals surface area contributed by atoms with Crippen molar-refractivity contribution in [2.24, 2.45) is 0 Å². The zero-order chi connectivity index (χ0) is 34.5. The van der Waals surface area contributed by atoms with E-state index >= 15 is 0 Å². The average Bonchev–Trinajstić information content (AvgIpc) is 3.05. The summed E-state index contributed by atoms with van der Waals surface area (Å²) in [6.45, 7) is 0.263. The summed E-state index contributed by atoms with van der Waals surface area (Å²) in [6.07, 6.45) is 5.65. The van der Waals surface area contributed by atoms with Gasteiger partial charge in [0, 0.05) is 25.2 Å². The standard InChI is InChI=1S/C33H34F4N2O7S/c1-20-28(34)30(36)32(31(37)29(20)35)47(43,44)38(3)18-27(41)39(17-22-9-11-24(12-10-22)23-7-5-4-6-8-23)26-15-13-25(14-16-26)33(42)46-19-45-21(2)40/h9-16,23H,4-8,17-19H2,1-3H3. The van der Waals surface area contributed by atoms with Gasteiger partial charge in [-0.05, 0) is 61.1 Å². The van der Waals surface area contributed by atoms with E-state index in [1.165, 1.54) is 35.6 Å². The molecule has 0 spiro atoms. The topological polar surface area (TPSA) is 110 Å². The molecule has 1 aliphatic rings. The molecule has 3 aromatic rings. The summed E-state index contributed by atoms with van der Waals surface area (Å²) in [5.41, 5.74) is 1.08. The minimum atomic E-state index is -5.24. The number of anilines is 1. The number of carbonyl (C=O) groups is 3. The number of rotatable bonds is 11. The zero-order valence-corrected chi connectivity index (χ0v) is 26.8. The Morgan fingerprint density at radius 3 is 1.96 bits per heavy atom. The van der Waals surface area contributed by atoms with E-state index in [0.717, 1.165) is 52.1 Å². The van der Waals surface area contributed by atoms with E-state index in [9.17, 15) is 40.4 Å². The van der Waals surface area contributed by atoms with E-state index < -0.39 is 74.9 Å². The van der Waals surface area contributed by atoms with Crippen molar-refractivity contribution in [2.75, 3.05) is 25.3 Å². The van der Waals surface area contributed by atoms with E-state index in [4.69, 9.17) is 4.74 Å². The van der Waals surface area contributed by atoms with Crippen molar-refractivity contribution >= 4 is 33.6 Å². The van der Waals surface area contributed by atoms with Crippen LogP contribution in [-0.4, -0.2) is 51.0 Å². The fourth-order valence-electron chi connectivity index (χ4n) is 5.33. The molecule has 0 aliphatic heterocycles. The van der Waals surface area contributed by atoms with Gasteiger partial charge in [0.2, 0.25) is 22.7 Å². The molecule has 0 atom stereocenters. The maximum Gasteiger partial charge on any atom is 0.341 e. The monoisotopic (exact) mass is 678 g/mol. The molecule has 1 aliphatic carbocycles. The lowest BCUT2D eigenvalue weighted by Gasteiger charge is -2.27. The van der Waals surface area contributed by atoms with Crippen LogP contribution in [0.5, 0.6) is 0 Å². The Labute approximate surface area is 270 Å². The predicted molar refractivity (Wildman–Crippen MR) is 163 cm³/mol. The van der Waals surface area contributed by atoms with Crippen LogP contribution in [0, 0.1) is 30.2 Å². The van der Waals surface area contributed by atoms with Crippen molar-refractivity contribution in [2.45, 2.75) is 63.3 Å². The number of hydrogen-bond donors (Lipinski definition) is 0. The summed E-state index contributed by atoms with van der Waals surface area (Å²) in [6, 6.07) is 13.1. The van der Waals surface area contributed by atoms with Crippen molar-refractivity contribution in [3.05, 3.63) is 94.1 Å². The minimum absolute atomic E-state index is 0.0548. The number of likely N-dealkylation sites (N-methyl/N-ethyl adjacent to an activating group) is 1. The number of amides is 1. The lowest BCUT2D eigenvalue weighted by atomic mass is 9.84. The third-order valence-electron chi connectivity index (χ3n) is 8.03. The predicted octanol–water partition coefficient (Wildman–Crippen LogP) is 6.13. The molecular weight excluding hydrogens is 644 g/mol. The SMILES string of the molecule is CC(=O)OCOC(=O)c1ccc(N(Cc2ccc(C3CCCCC3)cc2)C(=O)CN(C)S(=O)(=O)c2c(F)c(F)c(C)c(F)c2F)cc1. The van der Waals surface area contributed by atoms with Crippen molar-refractivity contribution in [1.82, 2.24) is 4.31 Å². The normalized spacial score (nSPS) is 13.8. The number of nitrogens with zero attached hydrogens (tertiary/aromatic N) is 2. The van der Waals surface area contributed by atoms with E-state index in [1.54, 1.807) is 0 Å². The molecule has 0 saturated heterocycles. The van der Waals surface area contributed by atoms with Crippen molar-refractivity contribution < 1.29 is 49.8 Å². The molecular formula is C33H34F4N2O7S. The van der Waals surface area contributed by atoms with Crippen molar-refractivity contribution in [1.29, 1.82) is 0 Å². The van der Waals surface area contributed by atoms with Crippen molar-refractivity contribution in [3.8, 4) is 0 Å². The molecule has 252 valence electrons. The van der Waals surface area contributed by atoms with Crippen LogP contribution < -0.4 is 4.90 Å². The summed E-state index contributed by atoms with van der Waals surface area (Å²) >= 11 is 0. The highest BCUT2D eigenvalue weighted by Crippen LogP contribution is 2.33. The minimum Gasteiger partial charge on any atom is -0.428 e. The van der Waals surface area contributed by atoms with Gasteiger partial charge in [-0.2, -0.15) is 4.31 Å². The third kappa shape index (κ3) is 8.17. The second-order valence-electron chi connectivity index (χ2n) is 11.3.